The molecule has 3 rings (SSSR count). The highest BCUT2D eigenvalue weighted by Crippen LogP contribution is 2.42. The van der Waals surface area contributed by atoms with Crippen LogP contribution in [0.2, 0.25) is 0 Å². The molecule has 0 fully saturated rings. The van der Waals surface area contributed by atoms with E-state index in [0.717, 1.165) is 12.2 Å². The van der Waals surface area contributed by atoms with Crippen LogP contribution >= 0.6 is 11.8 Å². The fourth-order valence-corrected chi connectivity index (χ4v) is 4.21. The van der Waals surface area contributed by atoms with Crippen LogP contribution in [0.3, 0.4) is 0 Å². The Morgan fingerprint density at radius 3 is 1.57 bits per heavy atom. The Labute approximate surface area is 143 Å². The first-order valence-electron chi connectivity index (χ1n) is 8.08. The molecule has 0 aliphatic heterocycles. The average molecular weight is 318 g/mol. The maximum Gasteiger partial charge on any atom is 0.0628 e. The predicted octanol–water partition coefficient (Wildman–Crippen LogP) is 5.93. The zero-order valence-electron chi connectivity index (χ0n) is 13.5. The quantitative estimate of drug-likeness (QED) is 0.543. The maximum atomic E-state index is 2.34. The van der Waals surface area contributed by atoms with Gasteiger partial charge in [0, 0.05) is 0 Å². The normalized spacial score (nSPS) is 11.3. The van der Waals surface area contributed by atoms with Gasteiger partial charge in [0.1, 0.15) is 0 Å². The van der Waals surface area contributed by atoms with Crippen molar-refractivity contribution in [1.82, 2.24) is 0 Å². The van der Waals surface area contributed by atoms with Gasteiger partial charge in [0.05, 0.1) is 4.75 Å². The Hall–Kier alpha value is -1.99. The SMILES string of the molecule is CC(SCCc1ccccc1)(c1ccccc1)c1ccccc1. The number of rotatable bonds is 6. The molecule has 0 aromatic heterocycles. The highest BCUT2D eigenvalue weighted by molar-refractivity contribution is 8.00. The van der Waals surface area contributed by atoms with Crippen LogP contribution in [-0.4, -0.2) is 5.75 Å². The molecular weight excluding hydrogens is 296 g/mol. The van der Waals surface area contributed by atoms with Crippen LogP contribution < -0.4 is 0 Å². The minimum absolute atomic E-state index is 0.0166. The van der Waals surface area contributed by atoms with E-state index < -0.39 is 0 Å². The van der Waals surface area contributed by atoms with Gasteiger partial charge in [-0.05, 0) is 35.8 Å². The Kier molecular flexibility index (Phi) is 5.19. The van der Waals surface area contributed by atoms with Gasteiger partial charge >= 0.3 is 0 Å². The lowest BCUT2D eigenvalue weighted by Crippen LogP contribution is -2.20. The summed E-state index contributed by atoms with van der Waals surface area (Å²) in [6.07, 6.45) is 1.10. The van der Waals surface area contributed by atoms with Crippen molar-refractivity contribution in [3.63, 3.8) is 0 Å². The van der Waals surface area contributed by atoms with E-state index in [1.807, 2.05) is 11.8 Å². The smallest absolute Gasteiger partial charge is 0.0628 e. The molecule has 116 valence electrons. The molecule has 0 N–H and O–H groups in total. The zero-order valence-corrected chi connectivity index (χ0v) is 14.3. The van der Waals surface area contributed by atoms with Crippen molar-refractivity contribution in [2.75, 3.05) is 5.75 Å². The van der Waals surface area contributed by atoms with Crippen molar-refractivity contribution in [1.29, 1.82) is 0 Å². The number of thioether (sulfide) groups is 1. The third kappa shape index (κ3) is 3.86. The standard InChI is InChI=1S/C22H22S/c1-22(20-13-7-3-8-14-20,21-15-9-4-10-16-21)23-18-17-19-11-5-2-6-12-19/h2-16H,17-18H2,1H3. The van der Waals surface area contributed by atoms with Gasteiger partial charge in [-0.2, -0.15) is 0 Å². The molecule has 0 nitrogen and oxygen atoms in total. The fourth-order valence-electron chi connectivity index (χ4n) is 2.86. The summed E-state index contributed by atoms with van der Waals surface area (Å²) in [7, 11) is 0. The number of benzene rings is 3. The number of aryl methyl sites for hydroxylation is 1. The summed E-state index contributed by atoms with van der Waals surface area (Å²) in [6.45, 7) is 2.34. The second-order valence-electron chi connectivity index (χ2n) is 5.85. The zero-order chi connectivity index (χ0) is 16.0. The second-order valence-corrected chi connectivity index (χ2v) is 7.36. The van der Waals surface area contributed by atoms with Crippen molar-refractivity contribution in [2.45, 2.75) is 18.1 Å². The molecule has 0 aliphatic rings. The van der Waals surface area contributed by atoms with Crippen molar-refractivity contribution < 1.29 is 0 Å². The summed E-state index contributed by atoms with van der Waals surface area (Å²) in [4.78, 5) is 0. The van der Waals surface area contributed by atoms with Gasteiger partial charge in [0.15, 0.2) is 0 Å². The van der Waals surface area contributed by atoms with E-state index in [1.165, 1.54) is 16.7 Å². The van der Waals surface area contributed by atoms with E-state index >= 15 is 0 Å². The summed E-state index contributed by atoms with van der Waals surface area (Å²) >= 11 is 2.02. The fraction of sp³-hybridized carbons (Fsp3) is 0.182. The Morgan fingerprint density at radius 1 is 0.652 bits per heavy atom. The molecule has 23 heavy (non-hydrogen) atoms. The minimum atomic E-state index is -0.0166. The molecule has 0 saturated heterocycles. The van der Waals surface area contributed by atoms with E-state index in [1.54, 1.807) is 0 Å². The third-order valence-electron chi connectivity index (χ3n) is 4.27. The predicted molar refractivity (Wildman–Crippen MR) is 102 cm³/mol. The number of hydrogen-bond donors (Lipinski definition) is 0. The topological polar surface area (TPSA) is 0 Å². The molecule has 0 radical (unpaired) electrons. The Bertz CT molecular complexity index is 665. The molecule has 3 aromatic carbocycles. The maximum absolute atomic E-state index is 2.34. The largest absolute Gasteiger partial charge is 0.145 e. The minimum Gasteiger partial charge on any atom is -0.145 e. The molecule has 0 unspecified atom stereocenters. The lowest BCUT2D eigenvalue weighted by atomic mass is 9.92. The first kappa shape index (κ1) is 15.9. The van der Waals surface area contributed by atoms with Gasteiger partial charge in [-0.1, -0.05) is 91.0 Å². The van der Waals surface area contributed by atoms with Gasteiger partial charge < -0.3 is 0 Å². The van der Waals surface area contributed by atoms with Gasteiger partial charge in [0.25, 0.3) is 0 Å². The van der Waals surface area contributed by atoms with Crippen molar-refractivity contribution in [3.05, 3.63) is 108 Å². The summed E-state index contributed by atoms with van der Waals surface area (Å²) in [5.41, 5.74) is 4.14. The highest BCUT2D eigenvalue weighted by atomic mass is 32.2. The van der Waals surface area contributed by atoms with Gasteiger partial charge in [-0.15, -0.1) is 11.8 Å². The summed E-state index contributed by atoms with van der Waals surface area (Å²) in [5, 5.41) is 0. The molecule has 0 saturated carbocycles. The lowest BCUT2D eigenvalue weighted by molar-refractivity contribution is 0.836. The van der Waals surface area contributed by atoms with Crippen LogP contribution in [0.15, 0.2) is 91.0 Å². The molecular formula is C22H22S. The molecule has 0 atom stereocenters. The first-order valence-corrected chi connectivity index (χ1v) is 9.06. The molecule has 0 heterocycles. The molecule has 1 heteroatoms. The van der Waals surface area contributed by atoms with Gasteiger partial charge in [-0.3, -0.25) is 0 Å². The Morgan fingerprint density at radius 2 is 1.09 bits per heavy atom. The molecule has 0 spiro atoms. The van der Waals surface area contributed by atoms with Crippen molar-refractivity contribution in [2.24, 2.45) is 0 Å². The van der Waals surface area contributed by atoms with Crippen LogP contribution in [0, 0.1) is 0 Å². The monoisotopic (exact) mass is 318 g/mol. The molecule has 0 aliphatic carbocycles. The van der Waals surface area contributed by atoms with E-state index in [0.29, 0.717) is 0 Å². The summed E-state index contributed by atoms with van der Waals surface area (Å²) in [5.74, 6) is 1.10. The van der Waals surface area contributed by atoms with E-state index in [-0.39, 0.29) is 4.75 Å². The molecule has 3 aromatic rings. The molecule has 0 amide bonds. The van der Waals surface area contributed by atoms with E-state index in [4.69, 9.17) is 0 Å². The average Bonchev–Trinajstić information content (AvgIpc) is 2.64. The Balaban J connectivity index is 1.82. The van der Waals surface area contributed by atoms with E-state index in [9.17, 15) is 0 Å². The second kappa shape index (κ2) is 7.52. The van der Waals surface area contributed by atoms with Crippen LogP contribution in [0.1, 0.15) is 23.6 Å². The number of hydrogen-bond acceptors (Lipinski definition) is 1. The van der Waals surface area contributed by atoms with E-state index in [2.05, 4.69) is 97.9 Å². The van der Waals surface area contributed by atoms with Crippen LogP contribution in [0.4, 0.5) is 0 Å². The highest BCUT2D eigenvalue weighted by Gasteiger charge is 2.28. The lowest BCUT2D eigenvalue weighted by Gasteiger charge is -2.30. The van der Waals surface area contributed by atoms with Crippen molar-refractivity contribution in [3.8, 4) is 0 Å². The summed E-state index contributed by atoms with van der Waals surface area (Å²) < 4.78 is -0.0166. The van der Waals surface area contributed by atoms with Gasteiger partial charge in [-0.25, -0.2) is 0 Å². The first-order chi connectivity index (χ1) is 11.3. The van der Waals surface area contributed by atoms with Gasteiger partial charge in [0.2, 0.25) is 0 Å². The summed E-state index contributed by atoms with van der Waals surface area (Å²) in [6, 6.07) is 32.4. The van der Waals surface area contributed by atoms with Crippen LogP contribution in [-0.2, 0) is 11.2 Å². The molecule has 0 bridgehead atoms. The third-order valence-corrected chi connectivity index (χ3v) is 5.73. The van der Waals surface area contributed by atoms with Crippen LogP contribution in [0.25, 0.3) is 0 Å². The van der Waals surface area contributed by atoms with Crippen LogP contribution in [0.5, 0.6) is 0 Å². The van der Waals surface area contributed by atoms with Crippen molar-refractivity contribution >= 4 is 11.8 Å².